The monoisotopic (exact) mass is 198 g/mol. The van der Waals surface area contributed by atoms with E-state index >= 15 is 0 Å². The molecule has 14 heavy (non-hydrogen) atoms. The predicted octanol–water partition coefficient (Wildman–Crippen LogP) is 1.04. The second kappa shape index (κ2) is 4.69. The lowest BCUT2D eigenvalue weighted by Gasteiger charge is -2.22. The van der Waals surface area contributed by atoms with Crippen LogP contribution in [0.5, 0.6) is 0 Å². The minimum atomic E-state index is -1.27. The van der Waals surface area contributed by atoms with Gasteiger partial charge in [-0.2, -0.15) is 0 Å². The van der Waals surface area contributed by atoms with Crippen LogP contribution in [0.1, 0.15) is 27.2 Å². The molecule has 4 heteroatoms. The number of carbonyl (C=O) groups excluding carboxylic acids is 3. The van der Waals surface area contributed by atoms with Crippen molar-refractivity contribution in [1.29, 1.82) is 0 Å². The van der Waals surface area contributed by atoms with Crippen molar-refractivity contribution in [1.82, 2.24) is 0 Å². The zero-order valence-electron chi connectivity index (χ0n) is 8.62. The number of rotatable bonds is 5. The Morgan fingerprint density at radius 2 is 1.86 bits per heavy atom. The van der Waals surface area contributed by atoms with Crippen molar-refractivity contribution in [2.75, 3.05) is 0 Å². The molecule has 0 aromatic carbocycles. The first-order chi connectivity index (χ1) is 6.29. The molecule has 0 aliphatic carbocycles. The van der Waals surface area contributed by atoms with Crippen LogP contribution in [0.25, 0.3) is 0 Å². The number of carbonyl (C=O) groups is 3. The maximum Gasteiger partial charge on any atom is 0.331 e. The fraction of sp³-hybridized carbons (Fsp3) is 0.500. The van der Waals surface area contributed by atoms with Crippen molar-refractivity contribution >= 4 is 17.5 Å². The van der Waals surface area contributed by atoms with Gasteiger partial charge < -0.3 is 4.74 Å². The van der Waals surface area contributed by atoms with E-state index in [1.54, 1.807) is 0 Å². The summed E-state index contributed by atoms with van der Waals surface area (Å²) >= 11 is 0. The van der Waals surface area contributed by atoms with Gasteiger partial charge in [0, 0.05) is 6.08 Å². The van der Waals surface area contributed by atoms with Gasteiger partial charge in [-0.15, -0.1) is 0 Å². The molecule has 0 radical (unpaired) electrons. The van der Waals surface area contributed by atoms with Crippen molar-refractivity contribution in [3.05, 3.63) is 12.7 Å². The Labute approximate surface area is 82.9 Å². The van der Waals surface area contributed by atoms with E-state index in [0.29, 0.717) is 0 Å². The highest BCUT2D eigenvalue weighted by Crippen LogP contribution is 2.13. The Hall–Kier alpha value is -1.45. The molecule has 0 atom stereocenters. The van der Waals surface area contributed by atoms with Crippen LogP contribution in [-0.4, -0.2) is 23.1 Å². The van der Waals surface area contributed by atoms with Crippen LogP contribution < -0.4 is 0 Å². The van der Waals surface area contributed by atoms with E-state index < -0.39 is 17.4 Å². The highest BCUT2D eigenvalue weighted by molar-refractivity contribution is 6.02. The Morgan fingerprint density at radius 3 is 2.21 bits per heavy atom. The second-order valence-corrected chi connectivity index (χ2v) is 3.44. The fourth-order valence-electron chi connectivity index (χ4n) is 0.789. The molecule has 0 aliphatic rings. The molecular formula is C10H14O4. The first-order valence-corrected chi connectivity index (χ1v) is 4.17. The third kappa shape index (κ3) is 3.98. The molecule has 4 nitrogen and oxygen atoms in total. The Morgan fingerprint density at radius 1 is 1.36 bits per heavy atom. The molecule has 0 spiro atoms. The second-order valence-electron chi connectivity index (χ2n) is 3.44. The Balaban J connectivity index is 4.44. The van der Waals surface area contributed by atoms with Crippen LogP contribution >= 0.6 is 0 Å². The topological polar surface area (TPSA) is 60.4 Å². The standard InChI is InChI=1S/C10H14O4/c1-5-9(13)14-10(3,4)8(12)6-7(2)11/h5H,1,6H2,2-4H3. The van der Waals surface area contributed by atoms with E-state index in [9.17, 15) is 14.4 Å². The zero-order chi connectivity index (χ0) is 11.4. The van der Waals surface area contributed by atoms with Gasteiger partial charge in [0.2, 0.25) is 0 Å². The van der Waals surface area contributed by atoms with Crippen molar-refractivity contribution in [3.63, 3.8) is 0 Å². The lowest BCUT2D eigenvalue weighted by Crippen LogP contribution is -2.37. The molecule has 0 heterocycles. The summed E-state index contributed by atoms with van der Waals surface area (Å²) in [5, 5.41) is 0. The average molecular weight is 198 g/mol. The quantitative estimate of drug-likeness (QED) is 0.376. The van der Waals surface area contributed by atoms with Gasteiger partial charge in [-0.25, -0.2) is 4.79 Å². The number of hydrogen-bond donors (Lipinski definition) is 0. The third-order valence-electron chi connectivity index (χ3n) is 1.60. The molecule has 0 aliphatic heterocycles. The van der Waals surface area contributed by atoms with Crippen LogP contribution in [-0.2, 0) is 19.1 Å². The van der Waals surface area contributed by atoms with Crippen molar-refractivity contribution in [2.45, 2.75) is 32.8 Å². The van der Waals surface area contributed by atoms with E-state index in [0.717, 1.165) is 6.08 Å². The normalized spacial score (nSPS) is 10.5. The van der Waals surface area contributed by atoms with Crippen LogP contribution in [0.3, 0.4) is 0 Å². The summed E-state index contributed by atoms with van der Waals surface area (Å²) in [5.41, 5.74) is -1.27. The zero-order valence-corrected chi connectivity index (χ0v) is 8.62. The van der Waals surface area contributed by atoms with Crippen LogP contribution in [0, 0.1) is 0 Å². The minimum absolute atomic E-state index is 0.225. The van der Waals surface area contributed by atoms with Crippen molar-refractivity contribution < 1.29 is 19.1 Å². The van der Waals surface area contributed by atoms with E-state index in [1.807, 2.05) is 0 Å². The van der Waals surface area contributed by atoms with Gasteiger partial charge >= 0.3 is 5.97 Å². The number of esters is 1. The van der Waals surface area contributed by atoms with Gasteiger partial charge in [-0.3, -0.25) is 9.59 Å². The molecule has 0 rings (SSSR count). The van der Waals surface area contributed by atoms with Gasteiger partial charge in [0.05, 0.1) is 6.42 Å². The fourth-order valence-corrected chi connectivity index (χ4v) is 0.789. The highest BCUT2D eigenvalue weighted by Gasteiger charge is 2.31. The van der Waals surface area contributed by atoms with Gasteiger partial charge in [0.1, 0.15) is 5.78 Å². The van der Waals surface area contributed by atoms with E-state index in [-0.39, 0.29) is 12.2 Å². The molecule has 0 unspecified atom stereocenters. The highest BCUT2D eigenvalue weighted by atomic mass is 16.6. The molecule has 0 fully saturated rings. The molecule has 78 valence electrons. The summed E-state index contributed by atoms with van der Waals surface area (Å²) in [4.78, 5) is 32.9. The van der Waals surface area contributed by atoms with E-state index in [4.69, 9.17) is 4.74 Å². The summed E-state index contributed by atoms with van der Waals surface area (Å²) in [5.74, 6) is -1.34. The van der Waals surface area contributed by atoms with Crippen LogP contribution in [0.2, 0.25) is 0 Å². The molecule has 0 saturated heterocycles. The Kier molecular flexibility index (Phi) is 4.21. The Bertz CT molecular complexity index is 276. The number of ether oxygens (including phenoxy) is 1. The maximum absolute atomic E-state index is 11.4. The number of hydrogen-bond acceptors (Lipinski definition) is 4. The molecular weight excluding hydrogens is 184 g/mol. The summed E-state index contributed by atoms with van der Waals surface area (Å²) < 4.78 is 4.79. The largest absolute Gasteiger partial charge is 0.448 e. The van der Waals surface area contributed by atoms with E-state index in [2.05, 4.69) is 6.58 Å². The van der Waals surface area contributed by atoms with Gasteiger partial charge in [0.25, 0.3) is 0 Å². The first kappa shape index (κ1) is 12.6. The lowest BCUT2D eigenvalue weighted by molar-refractivity contribution is -0.160. The maximum atomic E-state index is 11.4. The van der Waals surface area contributed by atoms with Crippen molar-refractivity contribution in [2.24, 2.45) is 0 Å². The SMILES string of the molecule is C=CC(=O)OC(C)(C)C(=O)CC(C)=O. The lowest BCUT2D eigenvalue weighted by atomic mass is 9.99. The summed E-state index contributed by atoms with van der Waals surface area (Å²) in [6.45, 7) is 7.41. The first-order valence-electron chi connectivity index (χ1n) is 4.17. The van der Waals surface area contributed by atoms with Crippen molar-refractivity contribution in [3.8, 4) is 0 Å². The minimum Gasteiger partial charge on any atom is -0.448 e. The van der Waals surface area contributed by atoms with Gasteiger partial charge in [-0.05, 0) is 20.8 Å². The van der Waals surface area contributed by atoms with Crippen LogP contribution in [0.15, 0.2) is 12.7 Å². The van der Waals surface area contributed by atoms with Gasteiger partial charge in [-0.1, -0.05) is 6.58 Å². The smallest absolute Gasteiger partial charge is 0.331 e. The van der Waals surface area contributed by atoms with Gasteiger partial charge in [0.15, 0.2) is 11.4 Å². The average Bonchev–Trinajstić information content (AvgIpc) is 2.02. The molecule has 0 N–H and O–H groups in total. The molecule has 0 saturated carbocycles. The molecule has 0 aromatic heterocycles. The molecule has 0 bridgehead atoms. The van der Waals surface area contributed by atoms with E-state index in [1.165, 1.54) is 20.8 Å². The molecule has 0 amide bonds. The summed E-state index contributed by atoms with van der Waals surface area (Å²) in [7, 11) is 0. The summed E-state index contributed by atoms with van der Waals surface area (Å²) in [6, 6.07) is 0. The third-order valence-corrected chi connectivity index (χ3v) is 1.60. The summed E-state index contributed by atoms with van der Waals surface area (Å²) in [6.07, 6.45) is 0.750. The number of ketones is 2. The predicted molar refractivity (Wildman–Crippen MR) is 50.7 cm³/mol. The van der Waals surface area contributed by atoms with Crippen LogP contribution in [0.4, 0.5) is 0 Å². The molecule has 0 aromatic rings. The number of Topliss-reactive ketones (excluding diaryl/α,β-unsaturated/α-hetero) is 2.